The number of carbonyl (C=O) groups is 2. The van der Waals surface area contributed by atoms with Crippen LogP contribution in [-0.2, 0) is 22.7 Å². The largest absolute Gasteiger partial charge is 0.474 e. The Hall–Kier alpha value is -3.09. The lowest BCUT2D eigenvalue weighted by atomic mass is 10.0. The molecule has 1 atom stereocenters. The fourth-order valence-electron chi connectivity index (χ4n) is 3.49. The van der Waals surface area contributed by atoms with Gasteiger partial charge in [0.1, 0.15) is 18.8 Å². The Morgan fingerprint density at radius 2 is 1.81 bits per heavy atom. The van der Waals surface area contributed by atoms with Crippen molar-refractivity contribution in [1.82, 2.24) is 15.6 Å². The summed E-state index contributed by atoms with van der Waals surface area (Å²) in [5.74, 6) is 0.257. The molecular weight excluding hydrogens is 394 g/mol. The summed E-state index contributed by atoms with van der Waals surface area (Å²) in [6.45, 7) is 4.22. The maximum absolute atomic E-state index is 12.6. The van der Waals surface area contributed by atoms with Crippen molar-refractivity contribution >= 4 is 12.0 Å². The summed E-state index contributed by atoms with van der Waals surface area (Å²) < 4.78 is 11.1. The number of nitrogens with zero attached hydrogens (tertiary/aromatic N) is 1. The van der Waals surface area contributed by atoms with Crippen molar-refractivity contribution in [1.29, 1.82) is 0 Å². The molecular formula is C24H31N3O4. The molecule has 0 radical (unpaired) electrons. The fraction of sp³-hybridized carbons (Fsp3) is 0.458. The van der Waals surface area contributed by atoms with Crippen molar-refractivity contribution in [3.63, 3.8) is 0 Å². The van der Waals surface area contributed by atoms with E-state index in [4.69, 9.17) is 9.47 Å². The maximum atomic E-state index is 12.6. The lowest BCUT2D eigenvalue weighted by Crippen LogP contribution is -2.49. The number of hydrogen-bond acceptors (Lipinski definition) is 5. The summed E-state index contributed by atoms with van der Waals surface area (Å²) in [7, 11) is 0. The Kier molecular flexibility index (Phi) is 8.27. The van der Waals surface area contributed by atoms with Crippen molar-refractivity contribution in [2.24, 2.45) is 5.92 Å². The van der Waals surface area contributed by atoms with Gasteiger partial charge in [0.05, 0.1) is 0 Å². The fourth-order valence-corrected chi connectivity index (χ4v) is 3.49. The first-order chi connectivity index (χ1) is 15.0. The number of nitrogens with one attached hydrogen (secondary N) is 2. The summed E-state index contributed by atoms with van der Waals surface area (Å²) in [6.07, 6.45) is 5.93. The van der Waals surface area contributed by atoms with Gasteiger partial charge in [-0.2, -0.15) is 0 Å². The molecule has 1 heterocycles. The highest BCUT2D eigenvalue weighted by molar-refractivity contribution is 5.85. The lowest BCUT2D eigenvalue weighted by Gasteiger charge is -2.21. The zero-order valence-corrected chi connectivity index (χ0v) is 18.2. The average Bonchev–Trinajstić information content (AvgIpc) is 3.29. The molecule has 7 heteroatoms. The van der Waals surface area contributed by atoms with Crippen molar-refractivity contribution in [3.8, 4) is 5.88 Å². The van der Waals surface area contributed by atoms with E-state index in [1.807, 2.05) is 56.3 Å². The van der Waals surface area contributed by atoms with Crippen LogP contribution in [-0.4, -0.2) is 29.1 Å². The number of amides is 2. The van der Waals surface area contributed by atoms with E-state index in [1.165, 1.54) is 12.8 Å². The van der Waals surface area contributed by atoms with Gasteiger partial charge in [-0.25, -0.2) is 9.78 Å². The van der Waals surface area contributed by atoms with E-state index in [2.05, 4.69) is 15.6 Å². The Labute approximate surface area is 183 Å². The van der Waals surface area contributed by atoms with Gasteiger partial charge in [0.2, 0.25) is 11.8 Å². The number of carbonyl (C=O) groups excluding carboxylic acids is 2. The van der Waals surface area contributed by atoms with Crippen LogP contribution in [0.3, 0.4) is 0 Å². The standard InChI is InChI=1S/C24H31N3O4/c1-17(2)22(27-24(29)30-16-18-8-4-3-5-9-18)23(28)26-15-19-12-13-21(25-14-19)31-20-10-6-7-11-20/h3-5,8-9,12-14,17,20,22H,6-7,10-11,15-16H2,1-2H3,(H,26,28)(H,27,29)/t22-/m0/s1. The molecule has 2 N–H and O–H groups in total. The van der Waals surface area contributed by atoms with E-state index in [0.29, 0.717) is 12.4 Å². The zero-order chi connectivity index (χ0) is 22.1. The van der Waals surface area contributed by atoms with Crippen LogP contribution in [0.4, 0.5) is 4.79 Å². The third-order valence-corrected chi connectivity index (χ3v) is 5.29. The highest BCUT2D eigenvalue weighted by atomic mass is 16.5. The Morgan fingerprint density at radius 1 is 1.06 bits per heavy atom. The summed E-state index contributed by atoms with van der Waals surface area (Å²) in [4.78, 5) is 29.1. The van der Waals surface area contributed by atoms with Crippen LogP contribution < -0.4 is 15.4 Å². The molecule has 1 fully saturated rings. The second-order valence-corrected chi connectivity index (χ2v) is 8.17. The molecule has 7 nitrogen and oxygen atoms in total. The highest BCUT2D eigenvalue weighted by Crippen LogP contribution is 2.22. The number of rotatable bonds is 9. The van der Waals surface area contributed by atoms with Crippen molar-refractivity contribution < 1.29 is 19.1 Å². The monoisotopic (exact) mass is 425 g/mol. The van der Waals surface area contributed by atoms with E-state index < -0.39 is 12.1 Å². The van der Waals surface area contributed by atoms with Gasteiger partial charge in [0, 0.05) is 18.8 Å². The van der Waals surface area contributed by atoms with Crippen LogP contribution in [0.5, 0.6) is 5.88 Å². The lowest BCUT2D eigenvalue weighted by molar-refractivity contribution is -0.124. The molecule has 0 spiro atoms. The van der Waals surface area contributed by atoms with Crippen molar-refractivity contribution in [3.05, 3.63) is 59.8 Å². The molecule has 1 aromatic heterocycles. The Morgan fingerprint density at radius 3 is 2.45 bits per heavy atom. The van der Waals surface area contributed by atoms with Crippen LogP contribution >= 0.6 is 0 Å². The van der Waals surface area contributed by atoms with Gasteiger partial charge in [-0.1, -0.05) is 50.2 Å². The molecule has 1 aliphatic rings. The summed E-state index contributed by atoms with van der Waals surface area (Å²) in [6, 6.07) is 12.4. The van der Waals surface area contributed by atoms with Gasteiger partial charge >= 0.3 is 6.09 Å². The second-order valence-electron chi connectivity index (χ2n) is 8.17. The molecule has 0 saturated heterocycles. The van der Waals surface area contributed by atoms with Gasteiger partial charge in [-0.3, -0.25) is 4.79 Å². The minimum atomic E-state index is -0.693. The molecule has 0 bridgehead atoms. The van der Waals surface area contributed by atoms with Crippen LogP contribution in [0.1, 0.15) is 50.7 Å². The predicted molar refractivity (Wildman–Crippen MR) is 117 cm³/mol. The molecule has 1 aromatic carbocycles. The Balaban J connectivity index is 1.45. The first kappa shape index (κ1) is 22.6. The average molecular weight is 426 g/mol. The normalized spacial score (nSPS) is 14.8. The number of benzene rings is 1. The van der Waals surface area contributed by atoms with Crippen LogP contribution in [0.15, 0.2) is 48.7 Å². The first-order valence-electron chi connectivity index (χ1n) is 10.9. The number of alkyl carbamates (subject to hydrolysis) is 1. The minimum Gasteiger partial charge on any atom is -0.474 e. The van der Waals surface area contributed by atoms with Gasteiger partial charge in [0.15, 0.2) is 0 Å². The molecule has 0 aliphatic heterocycles. The predicted octanol–water partition coefficient (Wildman–Crippen LogP) is 3.97. The number of hydrogen-bond donors (Lipinski definition) is 2. The highest BCUT2D eigenvalue weighted by Gasteiger charge is 2.24. The molecule has 31 heavy (non-hydrogen) atoms. The van der Waals surface area contributed by atoms with Gasteiger partial charge in [0.25, 0.3) is 0 Å². The quantitative estimate of drug-likeness (QED) is 0.635. The minimum absolute atomic E-state index is 0.0930. The van der Waals surface area contributed by atoms with Crippen LogP contribution in [0, 0.1) is 5.92 Å². The third kappa shape index (κ3) is 7.27. The molecule has 3 rings (SSSR count). The second kappa shape index (κ2) is 11.3. The van der Waals surface area contributed by atoms with Crippen molar-refractivity contribution in [2.45, 2.75) is 64.8 Å². The van der Waals surface area contributed by atoms with Crippen molar-refractivity contribution in [2.75, 3.05) is 0 Å². The molecule has 1 aliphatic carbocycles. The Bertz CT molecular complexity index is 834. The number of ether oxygens (including phenoxy) is 2. The van der Waals surface area contributed by atoms with E-state index in [-0.39, 0.29) is 24.5 Å². The molecule has 166 valence electrons. The molecule has 2 amide bonds. The summed E-state index contributed by atoms with van der Waals surface area (Å²) in [5.41, 5.74) is 1.75. The van der Waals surface area contributed by atoms with Gasteiger partial charge < -0.3 is 20.1 Å². The van der Waals surface area contributed by atoms with E-state index in [0.717, 1.165) is 24.0 Å². The molecule has 2 aromatic rings. The van der Waals surface area contributed by atoms with Gasteiger partial charge in [-0.15, -0.1) is 0 Å². The SMILES string of the molecule is CC(C)[C@H](NC(=O)OCc1ccccc1)C(=O)NCc1ccc(OC2CCCC2)nc1. The topological polar surface area (TPSA) is 89.5 Å². The summed E-state index contributed by atoms with van der Waals surface area (Å²) >= 11 is 0. The van der Waals surface area contributed by atoms with Crippen LogP contribution in [0.2, 0.25) is 0 Å². The number of aromatic nitrogens is 1. The molecule has 1 saturated carbocycles. The smallest absolute Gasteiger partial charge is 0.408 e. The number of pyridine rings is 1. The summed E-state index contributed by atoms with van der Waals surface area (Å²) in [5, 5.41) is 5.53. The maximum Gasteiger partial charge on any atom is 0.408 e. The van der Waals surface area contributed by atoms with E-state index >= 15 is 0 Å². The van der Waals surface area contributed by atoms with E-state index in [1.54, 1.807) is 6.20 Å². The van der Waals surface area contributed by atoms with E-state index in [9.17, 15) is 9.59 Å². The third-order valence-electron chi connectivity index (χ3n) is 5.29. The zero-order valence-electron chi connectivity index (χ0n) is 18.2. The van der Waals surface area contributed by atoms with Gasteiger partial charge in [-0.05, 0) is 42.7 Å². The van der Waals surface area contributed by atoms with Crippen LogP contribution in [0.25, 0.3) is 0 Å². The first-order valence-corrected chi connectivity index (χ1v) is 10.9. The molecule has 0 unspecified atom stereocenters.